The van der Waals surface area contributed by atoms with Crippen LogP contribution in [0.3, 0.4) is 0 Å². The molecule has 1 N–H and O–H groups in total. The number of carbonyl (C=O) groups excluding carboxylic acids is 2. The van der Waals surface area contributed by atoms with Crippen molar-refractivity contribution >= 4 is 17.7 Å². The molecule has 0 aromatic heterocycles. The fraction of sp³-hybridized carbons (Fsp3) is 0.500. The predicted molar refractivity (Wildman–Crippen MR) is 81.3 cm³/mol. The number of benzene rings is 1. The summed E-state index contributed by atoms with van der Waals surface area (Å²) in [6.07, 6.45) is -0.167. The first kappa shape index (κ1) is 15.4. The standard InChI is InChI=1S/C16H22N2O3/c1-11(2)8-15(19)17-9-14-10-18(16(20)21-14)13-6-4-12(3)5-7-13/h4-7,11,14H,8-10H2,1-3H3,(H,17,19)/t14-/m0/s1. The van der Waals surface area contributed by atoms with Crippen LogP contribution in [0.4, 0.5) is 10.5 Å². The predicted octanol–water partition coefficient (Wildman–Crippen LogP) is 2.48. The van der Waals surface area contributed by atoms with E-state index in [1.165, 1.54) is 0 Å². The fourth-order valence-corrected chi connectivity index (χ4v) is 2.23. The van der Waals surface area contributed by atoms with Gasteiger partial charge >= 0.3 is 6.09 Å². The maximum atomic E-state index is 11.9. The van der Waals surface area contributed by atoms with Gasteiger partial charge in [-0.1, -0.05) is 31.5 Å². The molecule has 2 rings (SSSR count). The molecule has 114 valence electrons. The molecule has 1 aromatic rings. The van der Waals surface area contributed by atoms with Gasteiger partial charge in [0.1, 0.15) is 6.10 Å². The molecule has 0 aliphatic carbocycles. The van der Waals surface area contributed by atoms with E-state index >= 15 is 0 Å². The highest BCUT2D eigenvalue weighted by Gasteiger charge is 2.32. The molecule has 1 atom stereocenters. The van der Waals surface area contributed by atoms with Gasteiger partial charge in [0, 0.05) is 12.1 Å². The van der Waals surface area contributed by atoms with E-state index in [-0.39, 0.29) is 18.1 Å². The Hall–Kier alpha value is -2.04. The summed E-state index contributed by atoms with van der Waals surface area (Å²) in [5.74, 6) is 0.315. The lowest BCUT2D eigenvalue weighted by Crippen LogP contribution is -2.35. The number of nitrogens with zero attached hydrogens (tertiary/aromatic N) is 1. The van der Waals surface area contributed by atoms with Crippen LogP contribution in [0.25, 0.3) is 0 Å². The van der Waals surface area contributed by atoms with Crippen molar-refractivity contribution in [3.63, 3.8) is 0 Å². The van der Waals surface area contributed by atoms with Gasteiger partial charge in [0.25, 0.3) is 0 Å². The van der Waals surface area contributed by atoms with Gasteiger partial charge in [0.2, 0.25) is 5.91 Å². The Bertz CT molecular complexity index is 511. The number of amides is 2. The Morgan fingerprint density at radius 2 is 2.05 bits per heavy atom. The lowest BCUT2D eigenvalue weighted by Gasteiger charge is -2.13. The summed E-state index contributed by atoms with van der Waals surface area (Å²) < 4.78 is 5.29. The molecular weight excluding hydrogens is 268 g/mol. The number of carbonyl (C=O) groups is 2. The molecule has 1 aliphatic rings. The Labute approximate surface area is 125 Å². The first-order valence-electron chi connectivity index (χ1n) is 7.27. The molecule has 1 aliphatic heterocycles. The van der Waals surface area contributed by atoms with Gasteiger partial charge in [-0.3, -0.25) is 9.69 Å². The molecule has 1 aromatic carbocycles. The quantitative estimate of drug-likeness (QED) is 0.906. The molecule has 2 amide bonds. The van der Waals surface area contributed by atoms with Gasteiger partial charge in [-0.25, -0.2) is 4.79 Å². The van der Waals surface area contributed by atoms with Crippen LogP contribution in [0.15, 0.2) is 24.3 Å². The van der Waals surface area contributed by atoms with E-state index in [1.54, 1.807) is 4.90 Å². The number of rotatable bonds is 5. The number of nitrogens with one attached hydrogen (secondary N) is 1. The lowest BCUT2D eigenvalue weighted by molar-refractivity contribution is -0.122. The van der Waals surface area contributed by atoms with Crippen molar-refractivity contribution in [1.29, 1.82) is 0 Å². The molecule has 1 fully saturated rings. The van der Waals surface area contributed by atoms with E-state index in [9.17, 15) is 9.59 Å². The Kier molecular flexibility index (Phi) is 4.83. The lowest BCUT2D eigenvalue weighted by atomic mass is 10.1. The zero-order valence-corrected chi connectivity index (χ0v) is 12.8. The highest BCUT2D eigenvalue weighted by Crippen LogP contribution is 2.21. The molecule has 0 bridgehead atoms. The molecule has 21 heavy (non-hydrogen) atoms. The second kappa shape index (κ2) is 6.61. The number of cyclic esters (lactones) is 1. The third-order valence-corrected chi connectivity index (χ3v) is 3.34. The van der Waals surface area contributed by atoms with Gasteiger partial charge in [0.15, 0.2) is 0 Å². The van der Waals surface area contributed by atoms with Gasteiger partial charge in [-0.05, 0) is 25.0 Å². The van der Waals surface area contributed by atoms with Gasteiger partial charge in [0.05, 0.1) is 13.1 Å². The van der Waals surface area contributed by atoms with Crippen molar-refractivity contribution in [2.75, 3.05) is 18.0 Å². The highest BCUT2D eigenvalue weighted by molar-refractivity contribution is 5.89. The summed E-state index contributed by atoms with van der Waals surface area (Å²) in [6.45, 7) is 6.81. The highest BCUT2D eigenvalue weighted by atomic mass is 16.6. The summed E-state index contributed by atoms with van der Waals surface area (Å²) in [5, 5.41) is 2.81. The minimum Gasteiger partial charge on any atom is -0.442 e. The minimum absolute atomic E-state index is 0.00478. The summed E-state index contributed by atoms with van der Waals surface area (Å²) in [6, 6.07) is 7.72. The number of ether oxygens (including phenoxy) is 1. The van der Waals surface area contributed by atoms with Crippen LogP contribution < -0.4 is 10.2 Å². The zero-order chi connectivity index (χ0) is 15.4. The van der Waals surface area contributed by atoms with E-state index < -0.39 is 0 Å². The summed E-state index contributed by atoms with van der Waals surface area (Å²) in [4.78, 5) is 25.1. The second-order valence-electron chi connectivity index (χ2n) is 5.85. The minimum atomic E-state index is -0.359. The van der Waals surface area contributed by atoms with Crippen LogP contribution in [-0.4, -0.2) is 31.2 Å². The van der Waals surface area contributed by atoms with E-state index in [2.05, 4.69) is 5.32 Å². The van der Waals surface area contributed by atoms with Crippen molar-refractivity contribution in [3.05, 3.63) is 29.8 Å². The Morgan fingerprint density at radius 1 is 1.38 bits per heavy atom. The van der Waals surface area contributed by atoms with E-state index in [4.69, 9.17) is 4.74 Å². The average molecular weight is 290 g/mol. The molecule has 0 saturated carbocycles. The van der Waals surface area contributed by atoms with Crippen LogP contribution in [-0.2, 0) is 9.53 Å². The smallest absolute Gasteiger partial charge is 0.414 e. The number of aryl methyl sites for hydroxylation is 1. The maximum absolute atomic E-state index is 11.9. The van der Waals surface area contributed by atoms with Crippen molar-refractivity contribution in [2.45, 2.75) is 33.3 Å². The van der Waals surface area contributed by atoms with Gasteiger partial charge < -0.3 is 10.1 Å². The van der Waals surface area contributed by atoms with Gasteiger partial charge in [-0.15, -0.1) is 0 Å². The van der Waals surface area contributed by atoms with Crippen molar-refractivity contribution in [1.82, 2.24) is 5.32 Å². The Balaban J connectivity index is 1.88. The van der Waals surface area contributed by atoms with Crippen LogP contribution in [0.5, 0.6) is 0 Å². The summed E-state index contributed by atoms with van der Waals surface area (Å²) >= 11 is 0. The fourth-order valence-electron chi connectivity index (χ4n) is 2.23. The van der Waals surface area contributed by atoms with E-state index in [0.29, 0.717) is 25.4 Å². The second-order valence-corrected chi connectivity index (χ2v) is 5.85. The number of hydrogen-bond acceptors (Lipinski definition) is 3. The first-order chi connectivity index (χ1) is 9.95. The third-order valence-electron chi connectivity index (χ3n) is 3.34. The Morgan fingerprint density at radius 3 is 2.67 bits per heavy atom. The van der Waals surface area contributed by atoms with Crippen molar-refractivity contribution in [3.8, 4) is 0 Å². The van der Waals surface area contributed by atoms with Gasteiger partial charge in [-0.2, -0.15) is 0 Å². The van der Waals surface area contributed by atoms with Crippen molar-refractivity contribution < 1.29 is 14.3 Å². The van der Waals surface area contributed by atoms with Crippen LogP contribution in [0.1, 0.15) is 25.8 Å². The monoisotopic (exact) mass is 290 g/mol. The molecule has 1 heterocycles. The van der Waals surface area contributed by atoms with Crippen molar-refractivity contribution in [2.24, 2.45) is 5.92 Å². The topological polar surface area (TPSA) is 58.6 Å². The SMILES string of the molecule is Cc1ccc(N2C[C@H](CNC(=O)CC(C)C)OC2=O)cc1. The van der Waals surface area contributed by atoms with E-state index in [0.717, 1.165) is 11.3 Å². The number of anilines is 1. The van der Waals surface area contributed by atoms with Crippen LogP contribution >= 0.6 is 0 Å². The largest absolute Gasteiger partial charge is 0.442 e. The summed E-state index contributed by atoms with van der Waals surface area (Å²) in [5.41, 5.74) is 1.96. The maximum Gasteiger partial charge on any atom is 0.414 e. The molecule has 5 nitrogen and oxygen atoms in total. The summed E-state index contributed by atoms with van der Waals surface area (Å²) in [7, 11) is 0. The molecule has 0 spiro atoms. The normalized spacial score (nSPS) is 18.0. The molecular formula is C16H22N2O3. The van der Waals surface area contributed by atoms with Crippen LogP contribution in [0, 0.1) is 12.8 Å². The average Bonchev–Trinajstić information content (AvgIpc) is 2.78. The molecule has 1 saturated heterocycles. The number of hydrogen-bond donors (Lipinski definition) is 1. The van der Waals surface area contributed by atoms with Crippen LogP contribution in [0.2, 0.25) is 0 Å². The molecule has 5 heteroatoms. The third kappa shape index (κ3) is 4.21. The molecule has 0 unspecified atom stereocenters. The zero-order valence-electron chi connectivity index (χ0n) is 12.8. The first-order valence-corrected chi connectivity index (χ1v) is 7.27. The van der Waals surface area contributed by atoms with E-state index in [1.807, 2.05) is 45.0 Å². The molecule has 0 radical (unpaired) electrons.